The largest absolute Gasteiger partial charge is 0.442 e. The van der Waals surface area contributed by atoms with Crippen molar-refractivity contribution < 1.29 is 14.3 Å². The first-order valence-electron chi connectivity index (χ1n) is 7.24. The highest BCUT2D eigenvalue weighted by molar-refractivity contribution is 5.98. The number of Topliss-reactive ketones (excluding diaryl/α,β-unsaturated/α-hetero) is 1. The van der Waals surface area contributed by atoms with Crippen molar-refractivity contribution >= 4 is 11.8 Å². The maximum Gasteiger partial charge on any atom is 0.339 e. The number of rotatable bonds is 6. The van der Waals surface area contributed by atoms with Crippen LogP contribution >= 0.6 is 0 Å². The summed E-state index contributed by atoms with van der Waals surface area (Å²) in [5.41, 5.74) is 6.93. The van der Waals surface area contributed by atoms with Gasteiger partial charge in [0.1, 0.15) is 0 Å². The molecule has 2 aromatic rings. The minimum absolute atomic E-state index is 0.114. The second kappa shape index (κ2) is 7.52. The molecule has 2 atom stereocenters. The molecule has 2 rings (SSSR count). The monoisotopic (exact) mass is 297 g/mol. The highest BCUT2D eigenvalue weighted by Crippen LogP contribution is 2.17. The summed E-state index contributed by atoms with van der Waals surface area (Å²) in [6.45, 7) is 1.85. The first kappa shape index (κ1) is 15.9. The Bertz CT molecular complexity index is 625. The molecule has 0 saturated heterocycles. The Morgan fingerprint density at radius 3 is 1.95 bits per heavy atom. The normalized spacial score (nSPS) is 13.2. The summed E-state index contributed by atoms with van der Waals surface area (Å²) < 4.78 is 5.25. The number of ether oxygens (including phenoxy) is 1. The Morgan fingerprint density at radius 1 is 0.955 bits per heavy atom. The summed E-state index contributed by atoms with van der Waals surface area (Å²) in [5, 5.41) is 0. The van der Waals surface area contributed by atoms with Gasteiger partial charge in [0.15, 0.2) is 12.0 Å². The fourth-order valence-corrected chi connectivity index (χ4v) is 2.23. The van der Waals surface area contributed by atoms with E-state index in [2.05, 4.69) is 0 Å². The van der Waals surface area contributed by atoms with Crippen LogP contribution in [0.4, 0.5) is 0 Å². The zero-order valence-corrected chi connectivity index (χ0v) is 12.4. The number of carbonyl (C=O) groups excluding carboxylic acids is 2. The number of carbonyl (C=O) groups is 2. The predicted molar refractivity (Wildman–Crippen MR) is 84.4 cm³/mol. The maximum absolute atomic E-state index is 12.5. The van der Waals surface area contributed by atoms with E-state index in [1.165, 1.54) is 0 Å². The van der Waals surface area contributed by atoms with Crippen LogP contribution in [0, 0.1) is 5.92 Å². The number of benzene rings is 2. The average Bonchev–Trinajstić information content (AvgIpc) is 2.57. The van der Waals surface area contributed by atoms with Crippen LogP contribution in [0.1, 0.15) is 34.1 Å². The third-order valence-electron chi connectivity index (χ3n) is 3.48. The molecule has 0 aliphatic rings. The van der Waals surface area contributed by atoms with Crippen LogP contribution < -0.4 is 5.73 Å². The van der Waals surface area contributed by atoms with Gasteiger partial charge in [-0.2, -0.15) is 0 Å². The SMILES string of the molecule is CCC(C(=O)c1ccccc1)C(N)OC(=O)c1ccccc1. The fourth-order valence-electron chi connectivity index (χ4n) is 2.23. The van der Waals surface area contributed by atoms with E-state index in [0.29, 0.717) is 17.5 Å². The van der Waals surface area contributed by atoms with E-state index in [4.69, 9.17) is 10.5 Å². The van der Waals surface area contributed by atoms with E-state index in [1.54, 1.807) is 48.5 Å². The first-order chi connectivity index (χ1) is 10.6. The summed E-state index contributed by atoms with van der Waals surface area (Å²) >= 11 is 0. The number of esters is 1. The Kier molecular flexibility index (Phi) is 5.44. The molecule has 0 spiro atoms. The molecule has 4 heteroatoms. The molecular formula is C18H19NO3. The Morgan fingerprint density at radius 2 is 1.45 bits per heavy atom. The van der Waals surface area contributed by atoms with E-state index in [1.807, 2.05) is 19.1 Å². The topological polar surface area (TPSA) is 69.4 Å². The summed E-state index contributed by atoms with van der Waals surface area (Å²) in [7, 11) is 0. The lowest BCUT2D eigenvalue weighted by atomic mass is 9.94. The summed E-state index contributed by atoms with van der Waals surface area (Å²) in [6.07, 6.45) is -0.470. The van der Waals surface area contributed by atoms with Crippen molar-refractivity contribution in [3.05, 3.63) is 71.8 Å². The molecule has 114 valence electrons. The average molecular weight is 297 g/mol. The minimum Gasteiger partial charge on any atom is -0.442 e. The predicted octanol–water partition coefficient (Wildman–Crippen LogP) is 3.04. The molecule has 0 aromatic heterocycles. The van der Waals surface area contributed by atoms with Gasteiger partial charge in [-0.3, -0.25) is 10.5 Å². The molecule has 0 bridgehead atoms. The molecule has 0 aliphatic heterocycles. The lowest BCUT2D eigenvalue weighted by molar-refractivity contribution is 0.0165. The van der Waals surface area contributed by atoms with Gasteiger partial charge in [-0.05, 0) is 18.6 Å². The molecule has 4 nitrogen and oxygen atoms in total. The Labute approximate surface area is 129 Å². The third kappa shape index (κ3) is 3.80. The molecule has 0 amide bonds. The van der Waals surface area contributed by atoms with Crippen LogP contribution in [-0.4, -0.2) is 18.0 Å². The number of hydrogen-bond acceptors (Lipinski definition) is 4. The zero-order valence-electron chi connectivity index (χ0n) is 12.4. The molecule has 22 heavy (non-hydrogen) atoms. The van der Waals surface area contributed by atoms with Crippen LogP contribution in [0.5, 0.6) is 0 Å². The highest BCUT2D eigenvalue weighted by Gasteiger charge is 2.28. The highest BCUT2D eigenvalue weighted by atomic mass is 16.6. The van der Waals surface area contributed by atoms with Crippen molar-refractivity contribution in [1.29, 1.82) is 0 Å². The molecular weight excluding hydrogens is 278 g/mol. The summed E-state index contributed by atoms with van der Waals surface area (Å²) in [4.78, 5) is 24.5. The van der Waals surface area contributed by atoms with Crippen molar-refractivity contribution in [2.45, 2.75) is 19.6 Å². The Balaban J connectivity index is 2.07. The number of hydrogen-bond donors (Lipinski definition) is 1. The Hall–Kier alpha value is -2.46. The number of nitrogens with two attached hydrogens (primary N) is 1. The van der Waals surface area contributed by atoms with E-state index in [9.17, 15) is 9.59 Å². The fraction of sp³-hybridized carbons (Fsp3) is 0.222. The second-order valence-electron chi connectivity index (χ2n) is 4.98. The van der Waals surface area contributed by atoms with Gasteiger partial charge < -0.3 is 4.74 Å². The smallest absolute Gasteiger partial charge is 0.339 e. The lowest BCUT2D eigenvalue weighted by Gasteiger charge is -2.21. The standard InChI is InChI=1S/C18H19NO3/c1-2-15(16(20)13-9-5-3-6-10-13)17(19)22-18(21)14-11-7-4-8-12-14/h3-12,15,17H,2,19H2,1H3. The van der Waals surface area contributed by atoms with Gasteiger partial charge in [-0.15, -0.1) is 0 Å². The quantitative estimate of drug-likeness (QED) is 0.505. The van der Waals surface area contributed by atoms with Gasteiger partial charge in [0.05, 0.1) is 11.5 Å². The summed E-state index contributed by atoms with van der Waals surface area (Å²) in [5.74, 6) is -1.20. The van der Waals surface area contributed by atoms with Crippen molar-refractivity contribution in [2.24, 2.45) is 11.7 Å². The van der Waals surface area contributed by atoms with Gasteiger partial charge >= 0.3 is 5.97 Å². The van der Waals surface area contributed by atoms with Crippen LogP contribution in [0.25, 0.3) is 0 Å². The minimum atomic E-state index is -0.967. The molecule has 2 N–H and O–H groups in total. The van der Waals surface area contributed by atoms with Gasteiger partial charge in [-0.25, -0.2) is 4.79 Å². The molecule has 0 aliphatic carbocycles. The lowest BCUT2D eigenvalue weighted by Crippen LogP contribution is -2.39. The van der Waals surface area contributed by atoms with Gasteiger partial charge in [0, 0.05) is 5.56 Å². The van der Waals surface area contributed by atoms with Gasteiger partial charge in [0.2, 0.25) is 0 Å². The maximum atomic E-state index is 12.5. The second-order valence-corrected chi connectivity index (χ2v) is 4.98. The van der Waals surface area contributed by atoms with Crippen molar-refractivity contribution in [1.82, 2.24) is 0 Å². The van der Waals surface area contributed by atoms with E-state index >= 15 is 0 Å². The molecule has 0 heterocycles. The van der Waals surface area contributed by atoms with E-state index < -0.39 is 18.1 Å². The van der Waals surface area contributed by atoms with Crippen molar-refractivity contribution in [3.8, 4) is 0 Å². The zero-order chi connectivity index (χ0) is 15.9. The summed E-state index contributed by atoms with van der Waals surface area (Å²) in [6, 6.07) is 17.5. The van der Waals surface area contributed by atoms with Crippen LogP contribution in [0.15, 0.2) is 60.7 Å². The van der Waals surface area contributed by atoms with Crippen LogP contribution in [0.3, 0.4) is 0 Å². The molecule has 2 unspecified atom stereocenters. The van der Waals surface area contributed by atoms with E-state index in [0.717, 1.165) is 0 Å². The number of ketones is 1. The molecule has 0 saturated carbocycles. The molecule has 0 fully saturated rings. The van der Waals surface area contributed by atoms with Crippen molar-refractivity contribution in [2.75, 3.05) is 0 Å². The van der Waals surface area contributed by atoms with Crippen LogP contribution in [-0.2, 0) is 4.74 Å². The van der Waals surface area contributed by atoms with Crippen molar-refractivity contribution in [3.63, 3.8) is 0 Å². The van der Waals surface area contributed by atoms with Crippen LogP contribution in [0.2, 0.25) is 0 Å². The molecule has 0 radical (unpaired) electrons. The van der Waals surface area contributed by atoms with E-state index in [-0.39, 0.29) is 5.78 Å². The van der Waals surface area contributed by atoms with Gasteiger partial charge in [0.25, 0.3) is 0 Å². The third-order valence-corrected chi connectivity index (χ3v) is 3.48. The first-order valence-corrected chi connectivity index (χ1v) is 7.24. The molecule has 2 aromatic carbocycles. The van der Waals surface area contributed by atoms with Gasteiger partial charge in [-0.1, -0.05) is 55.5 Å².